The number of rotatable bonds is 9. The number of carbonyl (C=O) groups excluding carboxylic acids is 1. The molecule has 1 unspecified atom stereocenters. The lowest BCUT2D eigenvalue weighted by Gasteiger charge is -2.33. The highest BCUT2D eigenvalue weighted by atomic mass is 16.2. The third-order valence-electron chi connectivity index (χ3n) is 5.57. The number of carbonyl (C=O) groups is 1. The predicted octanol–water partition coefficient (Wildman–Crippen LogP) is 4.27. The number of nitrogens with zero attached hydrogens (tertiary/aromatic N) is 4. The Morgan fingerprint density at radius 2 is 1.66 bits per heavy atom. The van der Waals surface area contributed by atoms with Gasteiger partial charge in [0.15, 0.2) is 0 Å². The monoisotopic (exact) mass is 434 g/mol. The van der Waals surface area contributed by atoms with E-state index in [1.54, 1.807) is 4.57 Å². The fourth-order valence-electron chi connectivity index (χ4n) is 3.97. The first-order valence-electron chi connectivity index (χ1n) is 11.3. The van der Waals surface area contributed by atoms with Crippen molar-refractivity contribution in [2.75, 3.05) is 27.2 Å². The Balaban J connectivity index is 2.22. The number of hydrogen-bond donors (Lipinski definition) is 0. The first kappa shape index (κ1) is 23.7. The summed E-state index contributed by atoms with van der Waals surface area (Å²) in [5.41, 5.74) is 1.30. The van der Waals surface area contributed by atoms with E-state index in [-0.39, 0.29) is 23.4 Å². The smallest absolute Gasteiger partial charge is 0.266 e. The van der Waals surface area contributed by atoms with E-state index >= 15 is 0 Å². The van der Waals surface area contributed by atoms with Crippen LogP contribution < -0.4 is 5.56 Å². The van der Waals surface area contributed by atoms with Crippen LogP contribution >= 0.6 is 0 Å². The summed E-state index contributed by atoms with van der Waals surface area (Å²) in [6.07, 6.45) is 1.13. The normalized spacial score (nSPS) is 12.5. The van der Waals surface area contributed by atoms with Gasteiger partial charge in [0, 0.05) is 19.5 Å². The van der Waals surface area contributed by atoms with Crippen molar-refractivity contribution in [2.24, 2.45) is 5.92 Å². The SMILES string of the molecule is CCC(c1nc2ccccc2c(=O)n1-c1ccccc1)N(CCN(C)C)C(=O)CC(C)C. The van der Waals surface area contributed by atoms with Crippen LogP contribution in [0.1, 0.15) is 45.5 Å². The van der Waals surface area contributed by atoms with E-state index in [4.69, 9.17) is 4.98 Å². The van der Waals surface area contributed by atoms with E-state index in [0.29, 0.717) is 36.1 Å². The van der Waals surface area contributed by atoms with Crippen LogP contribution in [0.3, 0.4) is 0 Å². The molecule has 0 aliphatic carbocycles. The maximum Gasteiger partial charge on any atom is 0.266 e. The van der Waals surface area contributed by atoms with Gasteiger partial charge in [0.25, 0.3) is 5.56 Å². The molecule has 0 radical (unpaired) electrons. The Morgan fingerprint density at radius 1 is 1.00 bits per heavy atom. The van der Waals surface area contributed by atoms with E-state index in [0.717, 1.165) is 12.2 Å². The molecular formula is C26H34N4O2. The second-order valence-electron chi connectivity index (χ2n) is 8.88. The molecule has 2 aromatic carbocycles. The van der Waals surface area contributed by atoms with Crippen molar-refractivity contribution in [3.63, 3.8) is 0 Å². The van der Waals surface area contributed by atoms with Gasteiger partial charge in [0.2, 0.25) is 5.91 Å². The van der Waals surface area contributed by atoms with Gasteiger partial charge in [-0.1, -0.05) is 51.1 Å². The zero-order chi connectivity index (χ0) is 23.3. The summed E-state index contributed by atoms with van der Waals surface area (Å²) in [5, 5.41) is 0.573. The molecule has 0 bridgehead atoms. The highest BCUT2D eigenvalue weighted by Gasteiger charge is 2.29. The Morgan fingerprint density at radius 3 is 2.28 bits per heavy atom. The van der Waals surface area contributed by atoms with Crippen LogP contribution in [0.4, 0.5) is 0 Å². The first-order valence-corrected chi connectivity index (χ1v) is 11.3. The number of fused-ring (bicyclic) bond motifs is 1. The average Bonchev–Trinajstić information content (AvgIpc) is 2.76. The van der Waals surface area contributed by atoms with Crippen LogP contribution in [0, 0.1) is 5.92 Å². The molecule has 6 nitrogen and oxygen atoms in total. The molecule has 170 valence electrons. The third-order valence-corrected chi connectivity index (χ3v) is 5.57. The van der Waals surface area contributed by atoms with Gasteiger partial charge in [0.05, 0.1) is 22.6 Å². The maximum atomic E-state index is 13.6. The van der Waals surface area contributed by atoms with E-state index < -0.39 is 0 Å². The fraction of sp³-hybridized carbons (Fsp3) is 0.423. The summed E-state index contributed by atoms with van der Waals surface area (Å²) in [7, 11) is 4.00. The number of likely N-dealkylation sites (N-methyl/N-ethyl adjacent to an activating group) is 1. The summed E-state index contributed by atoms with van der Waals surface area (Å²) >= 11 is 0. The summed E-state index contributed by atoms with van der Waals surface area (Å²) in [6, 6.07) is 16.7. The average molecular weight is 435 g/mol. The molecular weight excluding hydrogens is 400 g/mol. The highest BCUT2D eigenvalue weighted by molar-refractivity contribution is 5.79. The predicted molar refractivity (Wildman–Crippen MR) is 130 cm³/mol. The lowest BCUT2D eigenvalue weighted by molar-refractivity contribution is -0.135. The van der Waals surface area contributed by atoms with E-state index in [1.165, 1.54) is 0 Å². The van der Waals surface area contributed by atoms with Crippen molar-refractivity contribution < 1.29 is 4.79 Å². The van der Waals surface area contributed by atoms with Gasteiger partial charge in [-0.3, -0.25) is 14.2 Å². The van der Waals surface area contributed by atoms with Crippen molar-refractivity contribution in [3.8, 4) is 5.69 Å². The van der Waals surface area contributed by atoms with Gasteiger partial charge in [0.1, 0.15) is 5.82 Å². The lowest BCUT2D eigenvalue weighted by atomic mass is 10.1. The molecule has 32 heavy (non-hydrogen) atoms. The Labute approximate surface area is 190 Å². The minimum absolute atomic E-state index is 0.0933. The topological polar surface area (TPSA) is 58.4 Å². The summed E-state index contributed by atoms with van der Waals surface area (Å²) in [6.45, 7) is 7.47. The van der Waals surface area contributed by atoms with E-state index in [9.17, 15) is 9.59 Å². The molecule has 0 aliphatic heterocycles. The Kier molecular flexibility index (Phi) is 7.80. The molecule has 0 saturated carbocycles. The third kappa shape index (κ3) is 5.25. The number of para-hydroxylation sites is 2. The van der Waals surface area contributed by atoms with Crippen molar-refractivity contribution >= 4 is 16.8 Å². The minimum Gasteiger partial charge on any atom is -0.331 e. The summed E-state index contributed by atoms with van der Waals surface area (Å²) in [5.74, 6) is 0.955. The fourth-order valence-corrected chi connectivity index (χ4v) is 3.97. The summed E-state index contributed by atoms with van der Waals surface area (Å²) in [4.78, 5) is 35.9. The van der Waals surface area contributed by atoms with E-state index in [2.05, 4.69) is 18.7 Å². The highest BCUT2D eigenvalue weighted by Crippen LogP contribution is 2.27. The maximum absolute atomic E-state index is 13.6. The van der Waals surface area contributed by atoms with Gasteiger partial charge in [-0.2, -0.15) is 0 Å². The largest absolute Gasteiger partial charge is 0.331 e. The molecule has 0 aliphatic rings. The zero-order valence-electron chi connectivity index (χ0n) is 19.8. The molecule has 0 N–H and O–H groups in total. The Hall–Kier alpha value is -2.99. The molecule has 0 spiro atoms. The molecule has 3 aromatic rings. The number of amides is 1. The standard InChI is InChI=1S/C26H34N4O2/c1-6-23(29(17-16-28(4)5)24(31)18-19(2)3)25-27-22-15-11-10-14-21(22)26(32)30(25)20-12-8-7-9-13-20/h7-15,19,23H,6,16-18H2,1-5H3. The molecule has 0 fully saturated rings. The van der Waals surface area contributed by atoms with Crippen molar-refractivity contribution in [3.05, 3.63) is 70.8 Å². The van der Waals surface area contributed by atoms with Crippen LogP contribution in [-0.4, -0.2) is 52.4 Å². The van der Waals surface area contributed by atoms with Gasteiger partial charge < -0.3 is 9.80 Å². The molecule has 0 saturated heterocycles. The van der Waals surface area contributed by atoms with Crippen LogP contribution in [0.25, 0.3) is 16.6 Å². The summed E-state index contributed by atoms with van der Waals surface area (Å²) < 4.78 is 1.68. The number of aromatic nitrogens is 2. The number of benzene rings is 2. The molecule has 1 amide bonds. The van der Waals surface area contributed by atoms with Crippen LogP contribution in [0.15, 0.2) is 59.4 Å². The molecule has 1 heterocycles. The van der Waals surface area contributed by atoms with Crippen molar-refractivity contribution in [1.82, 2.24) is 19.4 Å². The van der Waals surface area contributed by atoms with Crippen LogP contribution in [0.5, 0.6) is 0 Å². The second-order valence-corrected chi connectivity index (χ2v) is 8.88. The zero-order valence-corrected chi connectivity index (χ0v) is 19.8. The van der Waals surface area contributed by atoms with Gasteiger partial charge in [-0.25, -0.2) is 4.98 Å². The quantitative estimate of drug-likeness (QED) is 0.505. The minimum atomic E-state index is -0.307. The number of hydrogen-bond acceptors (Lipinski definition) is 4. The lowest BCUT2D eigenvalue weighted by Crippen LogP contribution is -2.42. The Bertz CT molecular complexity index is 1110. The van der Waals surface area contributed by atoms with Gasteiger partial charge in [-0.15, -0.1) is 0 Å². The van der Waals surface area contributed by atoms with Crippen molar-refractivity contribution in [1.29, 1.82) is 0 Å². The molecule has 3 rings (SSSR count). The molecule has 1 atom stereocenters. The van der Waals surface area contributed by atoms with Gasteiger partial charge in [-0.05, 0) is 50.7 Å². The van der Waals surface area contributed by atoms with Crippen LogP contribution in [0.2, 0.25) is 0 Å². The van der Waals surface area contributed by atoms with E-state index in [1.807, 2.05) is 80.5 Å². The molecule has 6 heteroatoms. The molecule has 1 aromatic heterocycles. The first-order chi connectivity index (χ1) is 15.3. The van der Waals surface area contributed by atoms with Crippen molar-refractivity contribution in [2.45, 2.75) is 39.7 Å². The second kappa shape index (κ2) is 10.6. The van der Waals surface area contributed by atoms with Gasteiger partial charge >= 0.3 is 0 Å². The van der Waals surface area contributed by atoms with Crippen LogP contribution in [-0.2, 0) is 4.79 Å².